The standard InChI is InChI=1S/C17H15ClFNO3/c1-10-3-6-13(7-4-10)20-16(21)11(2)23-17(22)14-8-5-12(18)9-15(14)19/h3-9,11H,1-2H3,(H,20,21)/t11-/m1/s1. The van der Waals surface area contributed by atoms with Crippen LogP contribution >= 0.6 is 11.6 Å². The largest absolute Gasteiger partial charge is 0.449 e. The van der Waals surface area contributed by atoms with Crippen LogP contribution in [-0.2, 0) is 9.53 Å². The summed E-state index contributed by atoms with van der Waals surface area (Å²) in [6, 6.07) is 10.8. The summed E-state index contributed by atoms with van der Waals surface area (Å²) < 4.78 is 18.6. The van der Waals surface area contributed by atoms with Crippen LogP contribution in [0.15, 0.2) is 42.5 Å². The molecule has 4 nitrogen and oxygen atoms in total. The van der Waals surface area contributed by atoms with Gasteiger partial charge >= 0.3 is 5.97 Å². The molecule has 6 heteroatoms. The summed E-state index contributed by atoms with van der Waals surface area (Å²) in [6.45, 7) is 3.34. The van der Waals surface area contributed by atoms with Crippen molar-refractivity contribution < 1.29 is 18.7 Å². The normalized spacial score (nSPS) is 11.7. The average Bonchev–Trinajstić information content (AvgIpc) is 2.49. The first-order valence-electron chi connectivity index (χ1n) is 6.90. The highest BCUT2D eigenvalue weighted by atomic mass is 35.5. The fourth-order valence-corrected chi connectivity index (χ4v) is 1.97. The Hall–Kier alpha value is -2.40. The van der Waals surface area contributed by atoms with Crippen LogP contribution in [0.1, 0.15) is 22.8 Å². The van der Waals surface area contributed by atoms with Gasteiger partial charge in [-0.25, -0.2) is 9.18 Å². The van der Waals surface area contributed by atoms with E-state index in [1.165, 1.54) is 19.1 Å². The van der Waals surface area contributed by atoms with Crippen molar-refractivity contribution in [1.82, 2.24) is 0 Å². The third kappa shape index (κ3) is 4.53. The lowest BCUT2D eigenvalue weighted by atomic mass is 10.2. The summed E-state index contributed by atoms with van der Waals surface area (Å²) >= 11 is 5.62. The van der Waals surface area contributed by atoms with Gasteiger partial charge in [-0.15, -0.1) is 0 Å². The highest BCUT2D eigenvalue weighted by Gasteiger charge is 2.21. The van der Waals surface area contributed by atoms with Gasteiger partial charge in [0, 0.05) is 10.7 Å². The van der Waals surface area contributed by atoms with E-state index in [-0.39, 0.29) is 10.6 Å². The highest BCUT2D eigenvalue weighted by molar-refractivity contribution is 6.30. The second-order valence-electron chi connectivity index (χ2n) is 5.03. The van der Waals surface area contributed by atoms with Crippen LogP contribution in [-0.4, -0.2) is 18.0 Å². The number of halogens is 2. The fraction of sp³-hybridized carbons (Fsp3) is 0.176. The van der Waals surface area contributed by atoms with Crippen molar-refractivity contribution in [2.24, 2.45) is 0 Å². The van der Waals surface area contributed by atoms with E-state index in [1.807, 2.05) is 19.1 Å². The van der Waals surface area contributed by atoms with Crippen molar-refractivity contribution in [2.45, 2.75) is 20.0 Å². The number of carbonyl (C=O) groups is 2. The number of hydrogen-bond acceptors (Lipinski definition) is 3. The number of aryl methyl sites for hydroxylation is 1. The molecule has 1 atom stereocenters. The van der Waals surface area contributed by atoms with E-state index in [0.29, 0.717) is 5.69 Å². The minimum absolute atomic E-state index is 0.171. The molecule has 0 aliphatic carbocycles. The summed E-state index contributed by atoms with van der Waals surface area (Å²) in [7, 11) is 0. The Morgan fingerprint density at radius 3 is 2.43 bits per heavy atom. The molecule has 2 aromatic carbocycles. The van der Waals surface area contributed by atoms with Crippen LogP contribution < -0.4 is 5.32 Å². The number of anilines is 1. The maximum absolute atomic E-state index is 13.7. The molecule has 0 saturated heterocycles. The lowest BCUT2D eigenvalue weighted by molar-refractivity contribution is -0.123. The van der Waals surface area contributed by atoms with Crippen LogP contribution in [0.3, 0.4) is 0 Å². The van der Waals surface area contributed by atoms with Crippen LogP contribution in [0.2, 0.25) is 5.02 Å². The van der Waals surface area contributed by atoms with Crippen molar-refractivity contribution in [3.63, 3.8) is 0 Å². The number of esters is 1. The zero-order chi connectivity index (χ0) is 17.0. The fourth-order valence-electron chi connectivity index (χ4n) is 1.81. The minimum atomic E-state index is -1.07. The highest BCUT2D eigenvalue weighted by Crippen LogP contribution is 2.16. The van der Waals surface area contributed by atoms with Crippen molar-refractivity contribution in [3.05, 3.63) is 64.4 Å². The Bertz CT molecular complexity index is 731. The van der Waals surface area contributed by atoms with E-state index in [1.54, 1.807) is 12.1 Å². The van der Waals surface area contributed by atoms with Gasteiger partial charge in [0.15, 0.2) is 6.10 Å². The summed E-state index contributed by atoms with van der Waals surface area (Å²) in [5, 5.41) is 2.79. The predicted octanol–water partition coefficient (Wildman–Crippen LogP) is 3.97. The van der Waals surface area contributed by atoms with Gasteiger partial charge in [-0.1, -0.05) is 29.3 Å². The van der Waals surface area contributed by atoms with Crippen molar-refractivity contribution in [2.75, 3.05) is 5.32 Å². The molecule has 23 heavy (non-hydrogen) atoms. The van der Waals surface area contributed by atoms with Gasteiger partial charge in [-0.3, -0.25) is 4.79 Å². The summed E-state index contributed by atoms with van der Waals surface area (Å²) in [5.74, 6) is -2.23. The summed E-state index contributed by atoms with van der Waals surface area (Å²) in [6.07, 6.45) is -1.07. The molecule has 0 spiro atoms. The molecule has 0 fully saturated rings. The first-order valence-corrected chi connectivity index (χ1v) is 7.28. The first kappa shape index (κ1) is 17.0. The molecule has 120 valence electrons. The number of rotatable bonds is 4. The second-order valence-corrected chi connectivity index (χ2v) is 5.46. The summed E-state index contributed by atoms with van der Waals surface area (Å²) in [5.41, 5.74) is 1.37. The second kappa shape index (κ2) is 7.24. The molecule has 1 N–H and O–H groups in total. The number of benzene rings is 2. The smallest absolute Gasteiger partial charge is 0.341 e. The molecule has 0 aromatic heterocycles. The Labute approximate surface area is 138 Å². The quantitative estimate of drug-likeness (QED) is 0.860. The maximum Gasteiger partial charge on any atom is 0.341 e. The monoisotopic (exact) mass is 335 g/mol. The zero-order valence-electron chi connectivity index (χ0n) is 12.6. The van der Waals surface area contributed by atoms with Gasteiger partial charge in [0.1, 0.15) is 5.82 Å². The third-order valence-corrected chi connectivity index (χ3v) is 3.36. The van der Waals surface area contributed by atoms with Gasteiger partial charge in [0.25, 0.3) is 5.91 Å². The van der Waals surface area contributed by atoms with Crippen molar-refractivity contribution in [3.8, 4) is 0 Å². The molecule has 0 saturated carbocycles. The molecule has 0 bridgehead atoms. The van der Waals surface area contributed by atoms with Gasteiger partial charge in [0.05, 0.1) is 5.56 Å². The molecule has 2 rings (SSSR count). The van der Waals surface area contributed by atoms with E-state index in [2.05, 4.69) is 5.32 Å². The van der Waals surface area contributed by atoms with Gasteiger partial charge in [0.2, 0.25) is 0 Å². The number of ether oxygens (including phenoxy) is 1. The van der Waals surface area contributed by atoms with Gasteiger partial charge in [-0.05, 0) is 44.2 Å². The van der Waals surface area contributed by atoms with Gasteiger partial charge < -0.3 is 10.1 Å². The summed E-state index contributed by atoms with van der Waals surface area (Å²) in [4.78, 5) is 23.9. The van der Waals surface area contributed by atoms with E-state index >= 15 is 0 Å². The number of hydrogen-bond donors (Lipinski definition) is 1. The van der Waals surface area contributed by atoms with Crippen LogP contribution in [0.5, 0.6) is 0 Å². The maximum atomic E-state index is 13.7. The number of carbonyl (C=O) groups excluding carboxylic acids is 2. The predicted molar refractivity (Wildman–Crippen MR) is 86.1 cm³/mol. The molecular formula is C17H15ClFNO3. The van der Waals surface area contributed by atoms with Crippen LogP contribution in [0.25, 0.3) is 0 Å². The Balaban J connectivity index is 2.00. The van der Waals surface area contributed by atoms with E-state index in [4.69, 9.17) is 16.3 Å². The zero-order valence-corrected chi connectivity index (χ0v) is 13.4. The van der Waals surface area contributed by atoms with E-state index < -0.39 is 23.8 Å². The average molecular weight is 336 g/mol. The van der Waals surface area contributed by atoms with Crippen LogP contribution in [0.4, 0.5) is 10.1 Å². The molecule has 1 amide bonds. The van der Waals surface area contributed by atoms with E-state index in [9.17, 15) is 14.0 Å². The van der Waals surface area contributed by atoms with Gasteiger partial charge in [-0.2, -0.15) is 0 Å². The Kier molecular flexibility index (Phi) is 5.34. The molecule has 0 radical (unpaired) electrons. The van der Waals surface area contributed by atoms with E-state index in [0.717, 1.165) is 11.6 Å². The molecule has 0 aliphatic heterocycles. The minimum Gasteiger partial charge on any atom is -0.449 e. The van der Waals surface area contributed by atoms with Crippen LogP contribution in [0, 0.1) is 12.7 Å². The number of nitrogens with one attached hydrogen (secondary N) is 1. The molecular weight excluding hydrogens is 321 g/mol. The Morgan fingerprint density at radius 2 is 1.83 bits per heavy atom. The van der Waals surface area contributed by atoms with Crippen molar-refractivity contribution in [1.29, 1.82) is 0 Å². The Morgan fingerprint density at radius 1 is 1.17 bits per heavy atom. The molecule has 0 heterocycles. The lowest BCUT2D eigenvalue weighted by Crippen LogP contribution is -2.30. The molecule has 0 unspecified atom stereocenters. The first-order chi connectivity index (χ1) is 10.9. The van der Waals surface area contributed by atoms with Crippen molar-refractivity contribution >= 4 is 29.2 Å². The molecule has 2 aromatic rings. The molecule has 0 aliphatic rings. The SMILES string of the molecule is Cc1ccc(NC(=O)[C@@H](C)OC(=O)c2ccc(Cl)cc2F)cc1. The lowest BCUT2D eigenvalue weighted by Gasteiger charge is -2.14. The topological polar surface area (TPSA) is 55.4 Å². The third-order valence-electron chi connectivity index (χ3n) is 3.12. The number of amides is 1.